The van der Waals surface area contributed by atoms with Crippen molar-refractivity contribution in [2.75, 3.05) is 47.8 Å². The molecule has 3 aromatic rings. The average molecular weight is 576 g/mol. The van der Waals surface area contributed by atoms with Gasteiger partial charge in [0.05, 0.1) is 20.4 Å². The Labute approximate surface area is 245 Å². The fraction of sp³-hybridized carbons (Fsp3) is 0.375. The van der Waals surface area contributed by atoms with Gasteiger partial charge in [0.25, 0.3) is 0 Å². The molecule has 10 nitrogen and oxygen atoms in total. The number of methoxy groups -OCH3 is 2. The highest BCUT2D eigenvalue weighted by Gasteiger charge is 2.38. The van der Waals surface area contributed by atoms with Gasteiger partial charge in [0, 0.05) is 41.0 Å². The predicted molar refractivity (Wildman–Crippen MR) is 158 cm³/mol. The smallest absolute Gasteiger partial charge is 0.342 e. The largest absolute Gasteiger partial charge is 0.494 e. The molecule has 0 amide bonds. The molecule has 4 heterocycles. The topological polar surface area (TPSA) is 115 Å². The number of nitrogens with zero attached hydrogens (tertiary/aromatic N) is 2. The van der Waals surface area contributed by atoms with Crippen molar-refractivity contribution in [1.82, 2.24) is 9.88 Å². The third kappa shape index (κ3) is 4.90. The van der Waals surface area contributed by atoms with Crippen LogP contribution in [0.5, 0.6) is 17.2 Å². The summed E-state index contributed by atoms with van der Waals surface area (Å²) in [5.41, 5.74) is 11.6. The molecule has 0 saturated heterocycles. The second-order valence-electron chi connectivity index (χ2n) is 9.93. The first kappa shape index (κ1) is 29.2. The minimum Gasteiger partial charge on any atom is -0.494 e. The highest BCUT2D eigenvalue weighted by atomic mass is 16.7. The second-order valence-corrected chi connectivity index (χ2v) is 9.93. The zero-order valence-corrected chi connectivity index (χ0v) is 24.9. The number of fused-ring (bicyclic) bond motifs is 3. The monoisotopic (exact) mass is 575 g/mol. The normalized spacial score (nSPS) is 18.2. The molecule has 3 aliphatic rings. The zero-order chi connectivity index (χ0) is 30.0. The molecule has 222 valence electrons. The Kier molecular flexibility index (Phi) is 8.56. The first-order valence-electron chi connectivity index (χ1n) is 14.0. The Morgan fingerprint density at radius 1 is 1.10 bits per heavy atom. The van der Waals surface area contributed by atoms with Crippen LogP contribution in [0.25, 0.3) is 21.9 Å². The minimum absolute atomic E-state index is 0.0407. The van der Waals surface area contributed by atoms with Gasteiger partial charge in [0.2, 0.25) is 12.5 Å². The van der Waals surface area contributed by atoms with E-state index in [1.807, 2.05) is 58.4 Å². The molecule has 0 radical (unpaired) electrons. The first-order valence-corrected chi connectivity index (χ1v) is 14.0. The fourth-order valence-electron chi connectivity index (χ4n) is 5.62. The van der Waals surface area contributed by atoms with Crippen molar-refractivity contribution in [2.45, 2.75) is 33.4 Å². The molecule has 10 heteroatoms. The molecule has 1 aromatic heterocycles. The van der Waals surface area contributed by atoms with Crippen molar-refractivity contribution in [1.29, 1.82) is 0 Å². The highest BCUT2D eigenvalue weighted by molar-refractivity contribution is 5.99. The first-order chi connectivity index (χ1) is 20.4. The Hall–Kier alpha value is -4.28. The van der Waals surface area contributed by atoms with Crippen molar-refractivity contribution in [3.8, 4) is 28.4 Å². The van der Waals surface area contributed by atoms with E-state index in [1.54, 1.807) is 0 Å². The predicted octanol–water partition coefficient (Wildman–Crippen LogP) is 4.86. The molecule has 0 unspecified atom stereocenters. The van der Waals surface area contributed by atoms with E-state index < -0.39 is 12.1 Å². The van der Waals surface area contributed by atoms with E-state index in [9.17, 15) is 4.79 Å². The molecule has 0 aliphatic carbocycles. The van der Waals surface area contributed by atoms with E-state index in [4.69, 9.17) is 34.2 Å². The second kappa shape index (κ2) is 12.3. The maximum Gasteiger partial charge on any atom is 0.342 e. The van der Waals surface area contributed by atoms with E-state index in [0.29, 0.717) is 28.6 Å². The third-order valence-electron chi connectivity index (χ3n) is 7.67. The highest BCUT2D eigenvalue weighted by Crippen LogP contribution is 2.55. The fourth-order valence-corrected chi connectivity index (χ4v) is 5.62. The third-order valence-corrected chi connectivity index (χ3v) is 7.67. The van der Waals surface area contributed by atoms with Gasteiger partial charge in [-0.05, 0) is 36.9 Å². The van der Waals surface area contributed by atoms with E-state index in [0.717, 1.165) is 51.6 Å². The van der Waals surface area contributed by atoms with Crippen molar-refractivity contribution in [2.24, 2.45) is 5.73 Å². The Morgan fingerprint density at radius 2 is 1.86 bits per heavy atom. The van der Waals surface area contributed by atoms with Crippen LogP contribution in [0.3, 0.4) is 0 Å². The van der Waals surface area contributed by atoms with Crippen LogP contribution in [-0.2, 0) is 25.4 Å². The summed E-state index contributed by atoms with van der Waals surface area (Å²) in [6, 6.07) is 8.12. The lowest BCUT2D eigenvalue weighted by molar-refractivity contribution is -0.136. The Morgan fingerprint density at radius 3 is 2.57 bits per heavy atom. The van der Waals surface area contributed by atoms with Gasteiger partial charge >= 0.3 is 5.97 Å². The molecule has 0 spiro atoms. The van der Waals surface area contributed by atoms with E-state index >= 15 is 0 Å². The van der Waals surface area contributed by atoms with Crippen LogP contribution < -0.4 is 19.9 Å². The number of nitrogens with two attached hydrogens (primary N) is 1. The quantitative estimate of drug-likeness (QED) is 0.309. The summed E-state index contributed by atoms with van der Waals surface area (Å²) < 4.78 is 35.0. The molecular weight excluding hydrogens is 538 g/mol. The lowest BCUT2D eigenvalue weighted by Crippen LogP contribution is -2.38. The number of cyclic esters (lactones) is 1. The van der Waals surface area contributed by atoms with Gasteiger partial charge in [-0.25, -0.2) is 4.79 Å². The summed E-state index contributed by atoms with van der Waals surface area (Å²) >= 11 is 0. The standard InChI is InChI=1S/C30H31N3O7.C2H6/c1-16-13-38-30(34)22(16)25(36-4)21(35-3)14-37-27-24-19(9-10-33(2)29(24)31)23(26-28(27)40-15-39-26)20-12-32-11-17-7-5-6-8-18(17)20;1-2/h5-8,11-12,29H,9-10,13-15,31H2,1-4H3;1-2H3/b25-21-;/t29-;/m1./s1. The van der Waals surface area contributed by atoms with Crippen molar-refractivity contribution < 1.29 is 33.2 Å². The Balaban J connectivity index is 0.00000173. The summed E-state index contributed by atoms with van der Waals surface area (Å²) in [6.07, 6.45) is 3.97. The van der Waals surface area contributed by atoms with Crippen LogP contribution in [0, 0.1) is 0 Å². The van der Waals surface area contributed by atoms with Gasteiger partial charge in [0.1, 0.15) is 18.8 Å². The van der Waals surface area contributed by atoms with E-state index in [2.05, 4.69) is 16.0 Å². The van der Waals surface area contributed by atoms with Crippen LogP contribution in [0.15, 0.2) is 59.3 Å². The SMILES string of the molecule is CC.CO/C(COc1c2c(c(-c3cncc4ccccc34)c3c1[C@H](N)N(C)CC3)OCO2)=C(\OC)C1=C(C)COC1=O. The summed E-state index contributed by atoms with van der Waals surface area (Å²) in [4.78, 5) is 19.0. The minimum atomic E-state index is -0.462. The lowest BCUT2D eigenvalue weighted by Gasteiger charge is -2.35. The van der Waals surface area contributed by atoms with Gasteiger partial charge in [-0.1, -0.05) is 38.1 Å². The van der Waals surface area contributed by atoms with Gasteiger partial charge in [-0.3, -0.25) is 9.88 Å². The zero-order valence-electron chi connectivity index (χ0n) is 24.9. The number of benzene rings is 2. The number of esters is 1. The molecule has 0 bridgehead atoms. The van der Waals surface area contributed by atoms with E-state index in [-0.39, 0.29) is 25.8 Å². The van der Waals surface area contributed by atoms with Gasteiger partial charge in [-0.15, -0.1) is 0 Å². The van der Waals surface area contributed by atoms with Crippen LogP contribution >= 0.6 is 0 Å². The number of aromatic nitrogens is 1. The average Bonchev–Trinajstić information content (AvgIpc) is 3.64. The molecule has 2 aromatic carbocycles. The van der Waals surface area contributed by atoms with Gasteiger partial charge in [-0.2, -0.15) is 0 Å². The number of carbonyl (C=O) groups excluding carboxylic acids is 1. The van der Waals surface area contributed by atoms with Crippen molar-refractivity contribution in [3.05, 3.63) is 70.5 Å². The molecule has 6 rings (SSSR count). The van der Waals surface area contributed by atoms with Crippen LogP contribution in [0.1, 0.15) is 38.1 Å². The number of likely N-dealkylation sites (N-methyl/N-ethyl adjacent to an activating group) is 1. The molecule has 0 saturated carbocycles. The number of hydrogen-bond donors (Lipinski definition) is 1. The van der Waals surface area contributed by atoms with Gasteiger partial charge in [0.15, 0.2) is 23.0 Å². The number of carbonyl (C=O) groups is 1. The summed E-state index contributed by atoms with van der Waals surface area (Å²) in [7, 11) is 4.96. The molecule has 0 fully saturated rings. The number of rotatable bonds is 7. The number of hydrogen-bond acceptors (Lipinski definition) is 10. The Bertz CT molecular complexity index is 1570. The molecule has 3 aliphatic heterocycles. The lowest BCUT2D eigenvalue weighted by atomic mass is 9.86. The number of pyridine rings is 1. The molecule has 42 heavy (non-hydrogen) atoms. The number of ether oxygens (including phenoxy) is 6. The van der Waals surface area contributed by atoms with Crippen LogP contribution in [0.4, 0.5) is 0 Å². The molecule has 2 N–H and O–H groups in total. The van der Waals surface area contributed by atoms with E-state index in [1.165, 1.54) is 14.2 Å². The van der Waals surface area contributed by atoms with Gasteiger partial charge < -0.3 is 34.2 Å². The van der Waals surface area contributed by atoms with Crippen molar-refractivity contribution >= 4 is 16.7 Å². The molecule has 1 atom stereocenters. The maximum atomic E-state index is 12.4. The van der Waals surface area contributed by atoms with Crippen LogP contribution in [0.2, 0.25) is 0 Å². The summed E-state index contributed by atoms with van der Waals surface area (Å²) in [5.74, 6) is 1.68. The van der Waals surface area contributed by atoms with Crippen molar-refractivity contribution in [3.63, 3.8) is 0 Å². The summed E-state index contributed by atoms with van der Waals surface area (Å²) in [6.45, 7) is 6.77. The molecular formula is C32H37N3O7. The van der Waals surface area contributed by atoms with Crippen LogP contribution in [-0.4, -0.2) is 63.7 Å². The maximum absolute atomic E-state index is 12.4. The summed E-state index contributed by atoms with van der Waals surface area (Å²) in [5, 5.41) is 2.08.